The Morgan fingerprint density at radius 2 is 2.33 bits per heavy atom. The standard InChI is InChI=1S/C14H16N6O5S2/c1-25-10-6-8(5-9(12(10)22)20(23)24)7-16-17-11(21)3-2-4-26-14-19-18-13(15)27-14/h5-7,22H,2-4H2,1H3,(H2,15,18)(H,17,21)/b16-7-. The molecule has 13 heteroatoms. The molecule has 0 radical (unpaired) electrons. The second-order valence-electron chi connectivity index (χ2n) is 5.00. The van der Waals surface area contributed by atoms with Crippen molar-refractivity contribution in [3.63, 3.8) is 0 Å². The number of benzene rings is 1. The summed E-state index contributed by atoms with van der Waals surface area (Å²) in [6, 6.07) is 2.49. The Hall–Kier alpha value is -2.93. The minimum absolute atomic E-state index is 0.0636. The number of nitrogen functional groups attached to an aromatic ring is 1. The lowest BCUT2D eigenvalue weighted by molar-refractivity contribution is -0.386. The molecule has 144 valence electrons. The number of anilines is 1. The van der Waals surface area contributed by atoms with Gasteiger partial charge in [0.05, 0.1) is 18.2 Å². The van der Waals surface area contributed by atoms with E-state index in [1.165, 1.54) is 42.5 Å². The molecule has 1 amide bonds. The highest BCUT2D eigenvalue weighted by Gasteiger charge is 2.19. The average molecular weight is 412 g/mol. The maximum Gasteiger partial charge on any atom is 0.315 e. The number of amides is 1. The Kier molecular flexibility index (Phi) is 7.31. The molecule has 1 aromatic carbocycles. The number of nitrogens with zero attached hydrogens (tertiary/aromatic N) is 4. The molecule has 1 heterocycles. The monoisotopic (exact) mass is 412 g/mol. The van der Waals surface area contributed by atoms with Crippen molar-refractivity contribution in [1.82, 2.24) is 15.6 Å². The van der Waals surface area contributed by atoms with Crippen molar-refractivity contribution in [2.24, 2.45) is 5.10 Å². The summed E-state index contributed by atoms with van der Waals surface area (Å²) in [6.07, 6.45) is 2.08. The summed E-state index contributed by atoms with van der Waals surface area (Å²) < 4.78 is 5.63. The van der Waals surface area contributed by atoms with Crippen LogP contribution in [-0.2, 0) is 4.79 Å². The maximum absolute atomic E-state index is 11.7. The van der Waals surface area contributed by atoms with E-state index < -0.39 is 16.4 Å². The van der Waals surface area contributed by atoms with Gasteiger partial charge in [-0.05, 0) is 12.5 Å². The zero-order chi connectivity index (χ0) is 19.8. The Bertz CT molecular complexity index is 857. The van der Waals surface area contributed by atoms with E-state index in [1.54, 1.807) is 0 Å². The van der Waals surface area contributed by atoms with E-state index in [0.29, 0.717) is 22.9 Å². The molecule has 1 aromatic heterocycles. The van der Waals surface area contributed by atoms with Crippen LogP contribution in [0, 0.1) is 10.1 Å². The minimum atomic E-state index is -0.739. The number of methoxy groups -OCH3 is 1. The molecule has 0 spiro atoms. The molecule has 4 N–H and O–H groups in total. The molecule has 0 atom stereocenters. The Balaban J connectivity index is 1.82. The first kappa shape index (κ1) is 20.4. The van der Waals surface area contributed by atoms with Gasteiger partial charge < -0.3 is 15.6 Å². The molecular formula is C14H16N6O5S2. The largest absolute Gasteiger partial charge is 0.500 e. The van der Waals surface area contributed by atoms with Gasteiger partial charge in [-0.2, -0.15) is 5.10 Å². The normalized spacial score (nSPS) is 10.9. The number of thioether (sulfide) groups is 1. The van der Waals surface area contributed by atoms with Crippen molar-refractivity contribution in [3.05, 3.63) is 27.8 Å². The third-order valence-electron chi connectivity index (χ3n) is 3.09. The van der Waals surface area contributed by atoms with Crippen LogP contribution in [0.5, 0.6) is 11.5 Å². The summed E-state index contributed by atoms with van der Waals surface area (Å²) in [6.45, 7) is 0. The molecule has 27 heavy (non-hydrogen) atoms. The number of rotatable bonds is 9. The third kappa shape index (κ3) is 6.07. The van der Waals surface area contributed by atoms with Gasteiger partial charge in [-0.1, -0.05) is 23.1 Å². The number of hydrogen-bond acceptors (Lipinski definition) is 11. The van der Waals surface area contributed by atoms with Gasteiger partial charge in [0.15, 0.2) is 10.1 Å². The van der Waals surface area contributed by atoms with E-state index in [0.717, 1.165) is 10.4 Å². The van der Waals surface area contributed by atoms with Gasteiger partial charge in [0.25, 0.3) is 0 Å². The van der Waals surface area contributed by atoms with E-state index in [1.807, 2.05) is 0 Å². The molecule has 0 fully saturated rings. The van der Waals surface area contributed by atoms with Gasteiger partial charge in [-0.25, -0.2) is 5.43 Å². The fourth-order valence-electron chi connectivity index (χ4n) is 1.89. The Morgan fingerprint density at radius 3 is 2.96 bits per heavy atom. The molecule has 0 unspecified atom stereocenters. The van der Waals surface area contributed by atoms with Crippen LogP contribution in [0.3, 0.4) is 0 Å². The second-order valence-corrected chi connectivity index (χ2v) is 7.35. The number of nitro groups is 1. The number of nitro benzene ring substituents is 1. The van der Waals surface area contributed by atoms with Gasteiger partial charge in [-0.15, -0.1) is 10.2 Å². The number of carbonyl (C=O) groups excluding carboxylic acids is 1. The molecule has 2 aromatic rings. The predicted octanol–water partition coefficient (Wildman–Crippen LogP) is 1.77. The lowest BCUT2D eigenvalue weighted by Crippen LogP contribution is -2.17. The van der Waals surface area contributed by atoms with Crippen LogP contribution in [0.2, 0.25) is 0 Å². The van der Waals surface area contributed by atoms with Crippen LogP contribution in [0.1, 0.15) is 18.4 Å². The van der Waals surface area contributed by atoms with Gasteiger partial charge in [0, 0.05) is 23.8 Å². The van der Waals surface area contributed by atoms with Crippen LogP contribution >= 0.6 is 23.1 Å². The lowest BCUT2D eigenvalue weighted by atomic mass is 10.2. The molecule has 2 rings (SSSR count). The number of phenols is 1. The maximum atomic E-state index is 11.7. The third-order valence-corrected chi connectivity index (χ3v) is 5.06. The Labute approximate surface area is 161 Å². The summed E-state index contributed by atoms with van der Waals surface area (Å²) in [4.78, 5) is 21.9. The number of hydrogen-bond donors (Lipinski definition) is 3. The summed E-state index contributed by atoms with van der Waals surface area (Å²) in [5, 5.41) is 32.4. The first-order chi connectivity index (χ1) is 12.9. The van der Waals surface area contributed by atoms with E-state index in [4.69, 9.17) is 10.5 Å². The lowest BCUT2D eigenvalue weighted by Gasteiger charge is -2.05. The smallest absolute Gasteiger partial charge is 0.315 e. The van der Waals surface area contributed by atoms with Gasteiger partial charge in [0.1, 0.15) is 0 Å². The number of hydrazone groups is 1. The van der Waals surface area contributed by atoms with Crippen LogP contribution in [-0.4, -0.2) is 45.2 Å². The highest BCUT2D eigenvalue weighted by Crippen LogP contribution is 2.36. The zero-order valence-electron chi connectivity index (χ0n) is 14.1. The molecule has 0 saturated heterocycles. The summed E-state index contributed by atoms with van der Waals surface area (Å²) >= 11 is 2.74. The molecule has 0 aliphatic rings. The van der Waals surface area contributed by atoms with Crippen molar-refractivity contribution < 1.29 is 19.6 Å². The highest BCUT2D eigenvalue weighted by molar-refractivity contribution is 8.01. The van der Waals surface area contributed by atoms with Gasteiger partial charge in [0.2, 0.25) is 16.8 Å². The fraction of sp³-hybridized carbons (Fsp3) is 0.286. The number of nitrogens with one attached hydrogen (secondary N) is 1. The van der Waals surface area contributed by atoms with Crippen molar-refractivity contribution in [2.75, 3.05) is 18.6 Å². The van der Waals surface area contributed by atoms with Crippen LogP contribution in [0.4, 0.5) is 10.8 Å². The van der Waals surface area contributed by atoms with E-state index in [-0.39, 0.29) is 18.1 Å². The molecule has 11 nitrogen and oxygen atoms in total. The van der Waals surface area contributed by atoms with Gasteiger partial charge >= 0.3 is 5.69 Å². The SMILES string of the molecule is COc1cc(/C=N\NC(=O)CCCSc2nnc(N)s2)cc([N+](=O)[O-])c1O. The number of aromatic nitrogens is 2. The summed E-state index contributed by atoms with van der Waals surface area (Å²) in [5.74, 6) is -0.263. The second kappa shape index (κ2) is 9.68. The Morgan fingerprint density at radius 1 is 1.56 bits per heavy atom. The van der Waals surface area contributed by atoms with Crippen molar-refractivity contribution in [3.8, 4) is 11.5 Å². The van der Waals surface area contributed by atoms with E-state index in [9.17, 15) is 20.0 Å². The van der Waals surface area contributed by atoms with E-state index in [2.05, 4.69) is 20.7 Å². The van der Waals surface area contributed by atoms with Crippen molar-refractivity contribution >= 4 is 46.0 Å². The van der Waals surface area contributed by atoms with Crippen molar-refractivity contribution in [2.45, 2.75) is 17.2 Å². The van der Waals surface area contributed by atoms with E-state index >= 15 is 0 Å². The van der Waals surface area contributed by atoms with Crippen LogP contribution in [0.25, 0.3) is 0 Å². The number of nitrogens with two attached hydrogens (primary N) is 1. The first-order valence-electron chi connectivity index (χ1n) is 7.49. The molecule has 0 bridgehead atoms. The molecule has 0 aliphatic heterocycles. The number of aromatic hydroxyl groups is 1. The predicted molar refractivity (Wildman–Crippen MR) is 101 cm³/mol. The number of phenolic OH excluding ortho intramolecular Hbond substituents is 1. The minimum Gasteiger partial charge on any atom is -0.500 e. The quantitative estimate of drug-likeness (QED) is 0.183. The summed E-state index contributed by atoms with van der Waals surface area (Å²) in [5.41, 5.74) is 7.59. The topological polar surface area (TPSA) is 166 Å². The van der Waals surface area contributed by atoms with Crippen molar-refractivity contribution in [1.29, 1.82) is 0 Å². The summed E-state index contributed by atoms with van der Waals surface area (Å²) in [7, 11) is 1.27. The van der Waals surface area contributed by atoms with Crippen LogP contribution < -0.4 is 15.9 Å². The molecule has 0 aliphatic carbocycles. The average Bonchev–Trinajstić information content (AvgIpc) is 3.05. The fourth-order valence-corrected chi connectivity index (χ4v) is 3.53. The molecular weight excluding hydrogens is 396 g/mol. The highest BCUT2D eigenvalue weighted by atomic mass is 32.2. The van der Waals surface area contributed by atoms with Gasteiger partial charge in [-0.3, -0.25) is 14.9 Å². The zero-order valence-corrected chi connectivity index (χ0v) is 15.7. The number of carbonyl (C=O) groups is 1. The number of ether oxygens (including phenoxy) is 1. The first-order valence-corrected chi connectivity index (χ1v) is 9.30. The van der Waals surface area contributed by atoms with Crippen LogP contribution in [0.15, 0.2) is 21.6 Å². The molecule has 0 saturated carbocycles.